The lowest BCUT2D eigenvalue weighted by atomic mass is 10.0. The van der Waals surface area contributed by atoms with E-state index in [1.54, 1.807) is 31.1 Å². The van der Waals surface area contributed by atoms with Crippen LogP contribution in [-0.2, 0) is 16.6 Å². The van der Waals surface area contributed by atoms with Gasteiger partial charge in [-0.1, -0.05) is 23.7 Å². The molecule has 4 rings (SSSR count). The van der Waals surface area contributed by atoms with Gasteiger partial charge in [-0.3, -0.25) is 9.88 Å². The highest BCUT2D eigenvalue weighted by atomic mass is 35.5. The molecule has 7 nitrogen and oxygen atoms in total. The third-order valence-corrected chi connectivity index (χ3v) is 7.40. The van der Waals surface area contributed by atoms with Crippen molar-refractivity contribution in [2.75, 3.05) is 32.5 Å². The Morgan fingerprint density at radius 1 is 1.15 bits per heavy atom. The molecule has 0 spiro atoms. The van der Waals surface area contributed by atoms with Crippen molar-refractivity contribution < 1.29 is 8.42 Å². The van der Waals surface area contributed by atoms with E-state index in [4.69, 9.17) is 11.6 Å². The molecule has 1 saturated heterocycles. The normalized spacial score (nSPS) is 15.8. The summed E-state index contributed by atoms with van der Waals surface area (Å²) in [6, 6.07) is 13.9. The van der Waals surface area contributed by atoms with E-state index >= 15 is 0 Å². The van der Waals surface area contributed by atoms with Crippen molar-refractivity contribution in [3.63, 3.8) is 0 Å². The van der Waals surface area contributed by atoms with Gasteiger partial charge in [0.15, 0.2) is 0 Å². The molecule has 0 bridgehead atoms. The molecule has 1 aliphatic heterocycles. The molecule has 0 amide bonds. The second-order valence-electron chi connectivity index (χ2n) is 8.56. The highest BCUT2D eigenvalue weighted by Crippen LogP contribution is 2.26. The smallest absolute Gasteiger partial charge is 0.285 e. The largest absolute Gasteiger partial charge is 0.382 e. The summed E-state index contributed by atoms with van der Waals surface area (Å²) in [5.41, 5.74) is 2.03. The number of nitrogens with one attached hydrogen (secondary N) is 1. The Labute approximate surface area is 200 Å². The Morgan fingerprint density at radius 2 is 1.94 bits per heavy atom. The Morgan fingerprint density at radius 3 is 2.70 bits per heavy atom. The van der Waals surface area contributed by atoms with Gasteiger partial charge in [-0.2, -0.15) is 8.42 Å². The molecule has 1 aliphatic rings. The maximum absolute atomic E-state index is 12.6. The first-order valence-electron chi connectivity index (χ1n) is 10.9. The van der Waals surface area contributed by atoms with Gasteiger partial charge in [0, 0.05) is 63.2 Å². The fraction of sp³-hybridized carbons (Fsp3) is 0.333. The van der Waals surface area contributed by atoms with Gasteiger partial charge >= 0.3 is 0 Å². The highest BCUT2D eigenvalue weighted by Gasteiger charge is 2.21. The second kappa shape index (κ2) is 10.1. The van der Waals surface area contributed by atoms with Crippen LogP contribution < -0.4 is 5.32 Å². The molecule has 1 N–H and O–H groups in total. The fourth-order valence-electron chi connectivity index (χ4n) is 3.96. The Hall–Kier alpha value is -2.68. The number of benzene rings is 2. The van der Waals surface area contributed by atoms with Gasteiger partial charge < -0.3 is 10.2 Å². The molecule has 174 valence electrons. The van der Waals surface area contributed by atoms with Crippen LogP contribution in [0.15, 0.2) is 64.2 Å². The highest BCUT2D eigenvalue weighted by molar-refractivity contribution is 7.90. The lowest BCUT2D eigenvalue weighted by Gasteiger charge is -2.33. The zero-order valence-electron chi connectivity index (χ0n) is 18.8. The quantitative estimate of drug-likeness (QED) is 0.398. The summed E-state index contributed by atoms with van der Waals surface area (Å²) >= 11 is 6.18. The third kappa shape index (κ3) is 6.01. The molecule has 0 saturated carbocycles. The summed E-state index contributed by atoms with van der Waals surface area (Å²) in [5.74, 6) is 0. The van der Waals surface area contributed by atoms with Crippen molar-refractivity contribution in [1.82, 2.24) is 14.8 Å². The van der Waals surface area contributed by atoms with Gasteiger partial charge in [0.1, 0.15) is 11.2 Å². The van der Waals surface area contributed by atoms with Gasteiger partial charge in [-0.25, -0.2) is 0 Å². The zero-order valence-corrected chi connectivity index (χ0v) is 20.4. The Bertz CT molecular complexity index is 1250. The van der Waals surface area contributed by atoms with Crippen LogP contribution in [0.5, 0.6) is 0 Å². The molecular weight excluding hydrogens is 458 g/mol. The topological polar surface area (TPSA) is 77.9 Å². The zero-order chi connectivity index (χ0) is 23.4. The Kier molecular flexibility index (Phi) is 7.17. The van der Waals surface area contributed by atoms with Crippen LogP contribution in [0.1, 0.15) is 18.4 Å². The number of nitrogens with zero attached hydrogens (tertiary/aromatic N) is 4. The molecule has 33 heavy (non-hydrogen) atoms. The molecular formula is C24H28ClN5O2S. The van der Waals surface area contributed by atoms with E-state index in [-0.39, 0.29) is 9.92 Å². The monoisotopic (exact) mass is 485 g/mol. The van der Waals surface area contributed by atoms with E-state index in [9.17, 15) is 8.42 Å². The molecule has 0 radical (unpaired) electrons. The van der Waals surface area contributed by atoms with Gasteiger partial charge in [-0.15, -0.1) is 4.40 Å². The van der Waals surface area contributed by atoms with Crippen molar-refractivity contribution in [2.24, 2.45) is 4.40 Å². The van der Waals surface area contributed by atoms with Crippen LogP contribution in [-0.4, -0.2) is 62.8 Å². The number of halogens is 1. The van der Waals surface area contributed by atoms with Crippen LogP contribution >= 0.6 is 11.6 Å². The van der Waals surface area contributed by atoms with Crippen LogP contribution in [0.25, 0.3) is 10.8 Å². The van der Waals surface area contributed by atoms with Crippen LogP contribution in [0, 0.1) is 0 Å². The fourth-order valence-corrected chi connectivity index (χ4v) is 5.41. The minimum absolute atomic E-state index is 0.0443. The summed E-state index contributed by atoms with van der Waals surface area (Å²) in [7, 11) is -0.414. The molecule has 0 unspecified atom stereocenters. The number of aromatic nitrogens is 1. The minimum Gasteiger partial charge on any atom is -0.382 e. The number of piperidine rings is 1. The molecule has 2 aromatic carbocycles. The third-order valence-electron chi connectivity index (χ3n) is 5.70. The van der Waals surface area contributed by atoms with Gasteiger partial charge in [-0.05, 0) is 54.1 Å². The van der Waals surface area contributed by atoms with E-state index in [0.29, 0.717) is 12.6 Å². The summed E-state index contributed by atoms with van der Waals surface area (Å²) in [5, 5.41) is 6.15. The number of sulfonamides is 1. The van der Waals surface area contributed by atoms with E-state index in [2.05, 4.69) is 37.8 Å². The second-order valence-corrected chi connectivity index (χ2v) is 10.6. The summed E-state index contributed by atoms with van der Waals surface area (Å²) < 4.78 is 28.8. The van der Waals surface area contributed by atoms with Crippen molar-refractivity contribution in [1.29, 1.82) is 0 Å². The van der Waals surface area contributed by atoms with Crippen molar-refractivity contribution in [2.45, 2.75) is 30.3 Å². The summed E-state index contributed by atoms with van der Waals surface area (Å²) in [6.45, 7) is 2.53. The summed E-state index contributed by atoms with van der Waals surface area (Å²) in [6.07, 6.45) is 6.98. The van der Waals surface area contributed by atoms with Gasteiger partial charge in [0.2, 0.25) is 0 Å². The lowest BCUT2D eigenvalue weighted by molar-refractivity contribution is 0.211. The van der Waals surface area contributed by atoms with E-state index in [1.807, 2.05) is 24.5 Å². The predicted molar refractivity (Wildman–Crippen MR) is 134 cm³/mol. The van der Waals surface area contributed by atoms with Gasteiger partial charge in [0.05, 0.1) is 5.02 Å². The van der Waals surface area contributed by atoms with Gasteiger partial charge in [0.25, 0.3) is 10.0 Å². The van der Waals surface area contributed by atoms with E-state index < -0.39 is 10.0 Å². The maximum atomic E-state index is 12.6. The van der Waals surface area contributed by atoms with Crippen molar-refractivity contribution >= 4 is 44.4 Å². The molecule has 1 fully saturated rings. The van der Waals surface area contributed by atoms with E-state index in [1.165, 1.54) is 11.7 Å². The average Bonchev–Trinajstić information content (AvgIpc) is 2.80. The van der Waals surface area contributed by atoms with Crippen molar-refractivity contribution in [3.05, 3.63) is 65.4 Å². The number of fused-ring (bicyclic) bond motifs is 1. The first kappa shape index (κ1) is 23.5. The molecule has 0 atom stereocenters. The number of hydrogen-bond acceptors (Lipinski definition) is 5. The first-order chi connectivity index (χ1) is 15.8. The van der Waals surface area contributed by atoms with E-state index in [0.717, 1.165) is 42.6 Å². The number of pyridine rings is 1. The first-order valence-corrected chi connectivity index (χ1v) is 12.7. The molecule has 0 aliphatic carbocycles. The van der Waals surface area contributed by atoms with Crippen LogP contribution in [0.3, 0.4) is 0 Å². The maximum Gasteiger partial charge on any atom is 0.285 e. The molecule has 3 aromatic rings. The average molecular weight is 486 g/mol. The number of hydrogen-bond donors (Lipinski definition) is 1. The molecule has 1 aromatic heterocycles. The molecule has 2 heterocycles. The minimum atomic E-state index is -3.85. The van der Waals surface area contributed by atoms with Crippen LogP contribution in [0.2, 0.25) is 5.02 Å². The molecule has 9 heteroatoms. The predicted octanol–water partition coefficient (Wildman–Crippen LogP) is 4.24. The number of rotatable bonds is 7. The Balaban J connectivity index is 1.36. The SMILES string of the molecule is CN(C)C=NS(=O)(=O)c1cc(CN2CCC(Nc3ccc4cnccc4c3)CC2)ccc1Cl. The number of likely N-dealkylation sites (tertiary alicyclic amines) is 1. The van der Waals surface area contributed by atoms with Crippen molar-refractivity contribution in [3.8, 4) is 0 Å². The number of anilines is 1. The lowest BCUT2D eigenvalue weighted by Crippen LogP contribution is -2.38. The van der Waals surface area contributed by atoms with Crippen LogP contribution in [0.4, 0.5) is 5.69 Å². The summed E-state index contributed by atoms with van der Waals surface area (Å²) in [4.78, 5) is 8.12. The standard InChI is InChI=1S/C24H28ClN5O2S/c1-29(2)17-27-33(31,32)24-13-18(3-6-23(24)25)16-30-11-8-21(9-12-30)28-22-5-4-20-15-26-10-7-19(20)14-22/h3-7,10,13-15,17,21,28H,8-9,11-12,16H2,1-2H3.